The van der Waals surface area contributed by atoms with Gasteiger partial charge in [0.05, 0.1) is 13.2 Å². The number of halogens is 1. The Bertz CT molecular complexity index is 838. The lowest BCUT2D eigenvalue weighted by molar-refractivity contribution is 0.131. The van der Waals surface area contributed by atoms with Gasteiger partial charge in [-0.05, 0) is 73.0 Å². The summed E-state index contributed by atoms with van der Waals surface area (Å²) < 4.78 is 5.78. The largest absolute Gasteiger partial charge is 0.376 e. The summed E-state index contributed by atoms with van der Waals surface area (Å²) in [4.78, 5) is 2.35. The van der Waals surface area contributed by atoms with Gasteiger partial charge in [-0.15, -0.1) is 12.4 Å². The fourth-order valence-electron chi connectivity index (χ4n) is 2.68. The lowest BCUT2D eigenvalue weighted by Crippen LogP contribution is -2.27. The number of hydrogen-bond acceptors (Lipinski definition) is 3. The van der Waals surface area contributed by atoms with Gasteiger partial charge in [-0.1, -0.05) is 55.2 Å². The zero-order valence-corrected chi connectivity index (χ0v) is 20.2. The number of thiophene rings is 1. The standard InChI is InChI=1S/C26H33NOS.ClH/c1-5-27(16-8-6-7-15-26(2,3)4)17-19-28-18-10-12-23-11-9-13-24(21-23)25-14-20-29-22-25;/h6,8-14,20-22H,5,16-19H2,1-4H3;1H. The van der Waals surface area contributed by atoms with Crippen LogP contribution >= 0.6 is 23.7 Å². The molecule has 0 amide bonds. The van der Waals surface area contributed by atoms with Crippen molar-refractivity contribution in [3.05, 3.63) is 64.9 Å². The van der Waals surface area contributed by atoms with Crippen molar-refractivity contribution in [1.29, 1.82) is 0 Å². The fraction of sp³-hybridized carbons (Fsp3) is 0.385. The predicted molar refractivity (Wildman–Crippen MR) is 135 cm³/mol. The van der Waals surface area contributed by atoms with E-state index in [1.54, 1.807) is 11.3 Å². The van der Waals surface area contributed by atoms with E-state index in [-0.39, 0.29) is 17.8 Å². The van der Waals surface area contributed by atoms with Crippen LogP contribution in [0.4, 0.5) is 0 Å². The van der Waals surface area contributed by atoms with E-state index in [0.717, 1.165) is 26.2 Å². The van der Waals surface area contributed by atoms with E-state index in [2.05, 4.69) is 104 Å². The highest BCUT2D eigenvalue weighted by atomic mass is 35.5. The van der Waals surface area contributed by atoms with Crippen LogP contribution in [0, 0.1) is 17.3 Å². The molecular formula is C26H34ClNOS. The Labute approximate surface area is 193 Å². The van der Waals surface area contributed by atoms with Crippen LogP contribution in [0.25, 0.3) is 17.2 Å². The molecule has 2 nitrogen and oxygen atoms in total. The summed E-state index contributed by atoms with van der Waals surface area (Å²) in [5, 5.41) is 4.29. The van der Waals surface area contributed by atoms with Gasteiger partial charge < -0.3 is 4.74 Å². The van der Waals surface area contributed by atoms with Crippen molar-refractivity contribution in [1.82, 2.24) is 4.90 Å². The van der Waals surface area contributed by atoms with Crippen LogP contribution in [0.1, 0.15) is 33.3 Å². The van der Waals surface area contributed by atoms with Gasteiger partial charge >= 0.3 is 0 Å². The molecule has 0 aliphatic carbocycles. The van der Waals surface area contributed by atoms with Crippen LogP contribution in [0.15, 0.2) is 59.3 Å². The number of rotatable bonds is 10. The van der Waals surface area contributed by atoms with Crippen LogP contribution in [-0.4, -0.2) is 37.7 Å². The molecule has 0 atom stereocenters. The zero-order chi connectivity index (χ0) is 21.0. The Morgan fingerprint density at radius 2 is 1.97 bits per heavy atom. The summed E-state index contributed by atoms with van der Waals surface area (Å²) in [6.07, 6.45) is 8.30. The van der Waals surface area contributed by atoms with Crippen molar-refractivity contribution < 1.29 is 4.74 Å². The second-order valence-electron chi connectivity index (χ2n) is 7.93. The molecule has 0 radical (unpaired) electrons. The minimum Gasteiger partial charge on any atom is -0.376 e. The molecule has 4 heteroatoms. The minimum atomic E-state index is 0. The van der Waals surface area contributed by atoms with Crippen LogP contribution in [0.5, 0.6) is 0 Å². The summed E-state index contributed by atoms with van der Waals surface area (Å²) in [5.74, 6) is 6.34. The minimum absolute atomic E-state index is 0. The van der Waals surface area contributed by atoms with Crippen molar-refractivity contribution in [2.45, 2.75) is 27.7 Å². The maximum Gasteiger partial charge on any atom is 0.0651 e. The summed E-state index contributed by atoms with van der Waals surface area (Å²) in [6.45, 7) is 12.7. The first kappa shape index (κ1) is 26.2. The molecule has 2 rings (SSSR count). The summed E-state index contributed by atoms with van der Waals surface area (Å²) in [6, 6.07) is 10.7. The highest BCUT2D eigenvalue weighted by Gasteiger charge is 2.02. The second-order valence-corrected chi connectivity index (χ2v) is 8.71. The van der Waals surface area contributed by atoms with E-state index in [0.29, 0.717) is 6.61 Å². The molecule has 0 aliphatic rings. The number of hydrogen-bond donors (Lipinski definition) is 0. The lowest BCUT2D eigenvalue weighted by atomic mass is 9.98. The molecule has 0 aliphatic heterocycles. The van der Waals surface area contributed by atoms with Crippen molar-refractivity contribution in [2.24, 2.45) is 5.41 Å². The van der Waals surface area contributed by atoms with E-state index in [4.69, 9.17) is 4.74 Å². The normalized spacial score (nSPS) is 11.6. The molecule has 1 aromatic heterocycles. The summed E-state index contributed by atoms with van der Waals surface area (Å²) in [7, 11) is 0. The van der Waals surface area contributed by atoms with Gasteiger partial charge in [0, 0.05) is 18.5 Å². The van der Waals surface area contributed by atoms with Crippen LogP contribution in [-0.2, 0) is 4.74 Å². The van der Waals surface area contributed by atoms with Crippen LogP contribution < -0.4 is 0 Å². The van der Waals surface area contributed by atoms with E-state index < -0.39 is 0 Å². The van der Waals surface area contributed by atoms with Crippen molar-refractivity contribution in [2.75, 3.05) is 32.8 Å². The van der Waals surface area contributed by atoms with Gasteiger partial charge in [0.1, 0.15) is 0 Å². The second kappa shape index (κ2) is 14.2. The monoisotopic (exact) mass is 443 g/mol. The molecule has 0 saturated carbocycles. The van der Waals surface area contributed by atoms with E-state index in [9.17, 15) is 0 Å². The van der Waals surface area contributed by atoms with Gasteiger partial charge in [-0.25, -0.2) is 0 Å². The smallest absolute Gasteiger partial charge is 0.0651 e. The van der Waals surface area contributed by atoms with Gasteiger partial charge in [0.25, 0.3) is 0 Å². The van der Waals surface area contributed by atoms with Crippen molar-refractivity contribution in [3.8, 4) is 23.0 Å². The van der Waals surface area contributed by atoms with E-state index >= 15 is 0 Å². The molecule has 30 heavy (non-hydrogen) atoms. The van der Waals surface area contributed by atoms with Crippen LogP contribution in [0.3, 0.4) is 0 Å². The first-order valence-electron chi connectivity index (χ1n) is 10.2. The lowest BCUT2D eigenvalue weighted by Gasteiger charge is -2.17. The fourth-order valence-corrected chi connectivity index (χ4v) is 3.34. The van der Waals surface area contributed by atoms with Gasteiger partial charge in [0.15, 0.2) is 0 Å². The van der Waals surface area contributed by atoms with Crippen molar-refractivity contribution >= 4 is 29.8 Å². The zero-order valence-electron chi connectivity index (χ0n) is 18.6. The predicted octanol–water partition coefficient (Wildman–Crippen LogP) is 6.79. The molecule has 1 heterocycles. The number of benzene rings is 1. The highest BCUT2D eigenvalue weighted by molar-refractivity contribution is 7.08. The Morgan fingerprint density at radius 1 is 1.13 bits per heavy atom. The molecule has 0 saturated heterocycles. The molecule has 1 aromatic carbocycles. The number of ether oxygens (including phenoxy) is 1. The Kier molecular flexibility index (Phi) is 12.4. The highest BCUT2D eigenvalue weighted by Crippen LogP contribution is 2.23. The number of likely N-dealkylation sites (N-methyl/N-ethyl adjacent to an activating group) is 1. The molecule has 0 bridgehead atoms. The maximum absolute atomic E-state index is 5.78. The molecule has 0 N–H and O–H groups in total. The average Bonchev–Trinajstić information content (AvgIpc) is 3.23. The topological polar surface area (TPSA) is 12.5 Å². The van der Waals surface area contributed by atoms with Gasteiger partial charge in [0.2, 0.25) is 0 Å². The first-order chi connectivity index (χ1) is 14.0. The maximum atomic E-state index is 5.78. The average molecular weight is 444 g/mol. The molecule has 2 aromatic rings. The molecule has 162 valence electrons. The van der Waals surface area contributed by atoms with Gasteiger partial charge in [-0.3, -0.25) is 4.90 Å². The molecular weight excluding hydrogens is 410 g/mol. The number of nitrogens with zero attached hydrogens (tertiary/aromatic N) is 1. The van der Waals surface area contributed by atoms with E-state index in [1.807, 2.05) is 6.08 Å². The quantitative estimate of drug-likeness (QED) is 0.296. The third-order valence-corrected chi connectivity index (χ3v) is 4.96. The Hall–Kier alpha value is -1.83. The Morgan fingerprint density at radius 3 is 2.67 bits per heavy atom. The third-order valence-electron chi connectivity index (χ3n) is 4.28. The van der Waals surface area contributed by atoms with Gasteiger partial charge in [-0.2, -0.15) is 11.3 Å². The Balaban J connectivity index is 0.00000450. The van der Waals surface area contributed by atoms with Crippen LogP contribution in [0.2, 0.25) is 0 Å². The molecule has 0 spiro atoms. The summed E-state index contributed by atoms with van der Waals surface area (Å²) in [5.41, 5.74) is 3.79. The SMILES string of the molecule is CCN(CC=CC#CC(C)(C)C)CCOCC=Cc1cccc(-c2ccsc2)c1.Cl. The summed E-state index contributed by atoms with van der Waals surface area (Å²) >= 11 is 1.73. The number of allylic oxidation sites excluding steroid dienone is 1. The van der Waals surface area contributed by atoms with E-state index in [1.165, 1.54) is 16.7 Å². The first-order valence-corrected chi connectivity index (χ1v) is 11.2. The third kappa shape index (κ3) is 10.8. The molecule has 0 unspecified atom stereocenters. The molecule has 0 fully saturated rings. The van der Waals surface area contributed by atoms with Crippen molar-refractivity contribution in [3.63, 3.8) is 0 Å².